The standard InChI is InChI=1S/C20H25N5O3/c1-24-7-9-25(10-8-24)20-22-15(12-17(26)23-20)13-21-19(27)18-16-5-3-2-4-14(16)6-11-28-18/h2-5,12,18H,6-11,13H2,1H3,(H,21,27)(H,22,23,26)/t18-/m1/s1. The maximum atomic E-state index is 12.7. The van der Waals surface area contributed by atoms with Crippen molar-refractivity contribution >= 4 is 11.9 Å². The zero-order valence-electron chi connectivity index (χ0n) is 16.0. The second-order valence-corrected chi connectivity index (χ2v) is 7.27. The number of fused-ring (bicyclic) bond motifs is 1. The van der Waals surface area contributed by atoms with Crippen molar-refractivity contribution in [3.05, 3.63) is 57.5 Å². The number of benzene rings is 1. The lowest BCUT2D eigenvalue weighted by Crippen LogP contribution is -2.45. The Morgan fingerprint density at radius 2 is 2.07 bits per heavy atom. The number of amides is 1. The summed E-state index contributed by atoms with van der Waals surface area (Å²) in [7, 11) is 2.07. The molecule has 148 valence electrons. The fourth-order valence-electron chi connectivity index (χ4n) is 3.63. The number of likely N-dealkylation sites (N-methyl/N-ethyl adjacent to an activating group) is 1. The van der Waals surface area contributed by atoms with Crippen molar-refractivity contribution in [3.8, 4) is 0 Å². The Bertz CT molecular complexity index is 905. The zero-order chi connectivity index (χ0) is 19.5. The lowest BCUT2D eigenvalue weighted by atomic mass is 9.97. The SMILES string of the molecule is CN1CCN(c2nc(CNC(=O)[C@@H]3OCCc4ccccc43)cc(=O)[nH]2)CC1. The van der Waals surface area contributed by atoms with E-state index in [2.05, 4.69) is 32.1 Å². The van der Waals surface area contributed by atoms with E-state index in [4.69, 9.17) is 4.74 Å². The molecule has 1 amide bonds. The van der Waals surface area contributed by atoms with E-state index in [1.54, 1.807) is 0 Å². The van der Waals surface area contributed by atoms with Crippen LogP contribution in [0.5, 0.6) is 0 Å². The molecule has 28 heavy (non-hydrogen) atoms. The first-order chi connectivity index (χ1) is 13.6. The van der Waals surface area contributed by atoms with E-state index >= 15 is 0 Å². The third kappa shape index (κ3) is 4.07. The van der Waals surface area contributed by atoms with Gasteiger partial charge in [-0.15, -0.1) is 0 Å². The van der Waals surface area contributed by atoms with Crippen molar-refractivity contribution in [2.75, 3.05) is 44.7 Å². The molecule has 1 atom stereocenters. The summed E-state index contributed by atoms with van der Waals surface area (Å²) in [6.07, 6.45) is 0.188. The highest BCUT2D eigenvalue weighted by Crippen LogP contribution is 2.27. The van der Waals surface area contributed by atoms with Gasteiger partial charge < -0.3 is 19.9 Å². The molecule has 4 rings (SSSR count). The van der Waals surface area contributed by atoms with Crippen LogP contribution in [0.1, 0.15) is 22.9 Å². The molecule has 0 aliphatic carbocycles. The highest BCUT2D eigenvalue weighted by atomic mass is 16.5. The fourth-order valence-corrected chi connectivity index (χ4v) is 3.63. The lowest BCUT2D eigenvalue weighted by Gasteiger charge is -2.32. The second-order valence-electron chi connectivity index (χ2n) is 7.27. The minimum Gasteiger partial charge on any atom is -0.363 e. The van der Waals surface area contributed by atoms with E-state index in [9.17, 15) is 9.59 Å². The monoisotopic (exact) mass is 383 g/mol. The first-order valence-corrected chi connectivity index (χ1v) is 9.61. The summed E-state index contributed by atoms with van der Waals surface area (Å²) in [5, 5.41) is 2.87. The summed E-state index contributed by atoms with van der Waals surface area (Å²) in [4.78, 5) is 36.4. The van der Waals surface area contributed by atoms with Gasteiger partial charge in [-0.2, -0.15) is 0 Å². The van der Waals surface area contributed by atoms with E-state index in [1.165, 1.54) is 6.07 Å². The van der Waals surface area contributed by atoms with Gasteiger partial charge in [0, 0.05) is 32.2 Å². The van der Waals surface area contributed by atoms with Gasteiger partial charge in [0.05, 0.1) is 18.8 Å². The largest absolute Gasteiger partial charge is 0.363 e. The number of anilines is 1. The molecule has 2 aromatic rings. The fraction of sp³-hybridized carbons (Fsp3) is 0.450. The first-order valence-electron chi connectivity index (χ1n) is 9.61. The zero-order valence-corrected chi connectivity index (χ0v) is 16.0. The summed E-state index contributed by atoms with van der Waals surface area (Å²) in [6, 6.07) is 9.26. The average molecular weight is 383 g/mol. The third-order valence-corrected chi connectivity index (χ3v) is 5.26. The van der Waals surface area contributed by atoms with Crippen molar-refractivity contribution in [2.45, 2.75) is 19.1 Å². The minimum atomic E-state index is -0.621. The van der Waals surface area contributed by atoms with Crippen LogP contribution in [0.3, 0.4) is 0 Å². The molecule has 2 aliphatic heterocycles. The second kappa shape index (κ2) is 8.12. The number of aromatic nitrogens is 2. The number of rotatable bonds is 4. The Kier molecular flexibility index (Phi) is 5.40. The van der Waals surface area contributed by atoms with Crippen LogP contribution in [0.15, 0.2) is 35.1 Å². The number of aromatic amines is 1. The van der Waals surface area contributed by atoms with Gasteiger partial charge in [0.25, 0.3) is 11.5 Å². The number of H-pyrrole nitrogens is 1. The molecule has 0 bridgehead atoms. The molecule has 1 aromatic carbocycles. The van der Waals surface area contributed by atoms with Gasteiger partial charge in [-0.05, 0) is 24.6 Å². The van der Waals surface area contributed by atoms with Gasteiger partial charge in [0.15, 0.2) is 6.10 Å². The topological polar surface area (TPSA) is 90.6 Å². The summed E-state index contributed by atoms with van der Waals surface area (Å²) < 4.78 is 5.69. The predicted molar refractivity (Wildman–Crippen MR) is 105 cm³/mol. The van der Waals surface area contributed by atoms with Crippen molar-refractivity contribution in [1.29, 1.82) is 0 Å². The smallest absolute Gasteiger partial charge is 0.254 e. The lowest BCUT2D eigenvalue weighted by molar-refractivity contribution is -0.134. The van der Waals surface area contributed by atoms with Crippen molar-refractivity contribution in [3.63, 3.8) is 0 Å². The normalized spacial score (nSPS) is 19.9. The van der Waals surface area contributed by atoms with Crippen LogP contribution in [-0.4, -0.2) is 60.6 Å². The average Bonchev–Trinajstić information content (AvgIpc) is 2.71. The van der Waals surface area contributed by atoms with Crippen molar-refractivity contribution in [1.82, 2.24) is 20.2 Å². The van der Waals surface area contributed by atoms with Crippen molar-refractivity contribution in [2.24, 2.45) is 0 Å². The predicted octanol–water partition coefficient (Wildman–Crippen LogP) is 0.452. The number of piperazine rings is 1. The molecular formula is C20H25N5O3. The highest BCUT2D eigenvalue weighted by Gasteiger charge is 2.27. The molecule has 1 aromatic heterocycles. The molecule has 3 heterocycles. The first kappa shape index (κ1) is 18.6. The highest BCUT2D eigenvalue weighted by molar-refractivity contribution is 5.82. The number of carbonyl (C=O) groups is 1. The quantitative estimate of drug-likeness (QED) is 0.797. The molecular weight excluding hydrogens is 358 g/mol. The number of nitrogens with one attached hydrogen (secondary N) is 2. The van der Waals surface area contributed by atoms with Gasteiger partial charge in [-0.25, -0.2) is 4.98 Å². The maximum absolute atomic E-state index is 12.7. The van der Waals surface area contributed by atoms with E-state index in [1.807, 2.05) is 24.3 Å². The van der Waals surface area contributed by atoms with Gasteiger partial charge in [-0.1, -0.05) is 24.3 Å². The van der Waals surface area contributed by atoms with Gasteiger partial charge in [0.2, 0.25) is 5.95 Å². The number of ether oxygens (including phenoxy) is 1. The summed E-state index contributed by atoms with van der Waals surface area (Å²) in [5.41, 5.74) is 2.37. The molecule has 1 fully saturated rings. The van der Waals surface area contributed by atoms with Gasteiger partial charge in [-0.3, -0.25) is 14.6 Å². The number of nitrogens with zero attached hydrogens (tertiary/aromatic N) is 3. The van der Waals surface area contributed by atoms with Gasteiger partial charge >= 0.3 is 0 Å². The molecule has 1 saturated heterocycles. The van der Waals surface area contributed by atoms with Crippen LogP contribution in [0.25, 0.3) is 0 Å². The van der Waals surface area contributed by atoms with Crippen LogP contribution in [0.2, 0.25) is 0 Å². The van der Waals surface area contributed by atoms with Crippen molar-refractivity contribution < 1.29 is 9.53 Å². The number of carbonyl (C=O) groups excluding carboxylic acids is 1. The van der Waals surface area contributed by atoms with E-state index in [-0.39, 0.29) is 18.0 Å². The third-order valence-electron chi connectivity index (χ3n) is 5.26. The molecule has 2 aliphatic rings. The maximum Gasteiger partial charge on any atom is 0.254 e. The molecule has 0 unspecified atom stereocenters. The Labute approximate surface area is 163 Å². The molecule has 8 heteroatoms. The van der Waals surface area contributed by atoms with E-state index in [0.717, 1.165) is 43.7 Å². The Morgan fingerprint density at radius 1 is 1.29 bits per heavy atom. The molecule has 0 radical (unpaired) electrons. The van der Waals surface area contributed by atoms with Crippen LogP contribution in [0, 0.1) is 0 Å². The summed E-state index contributed by atoms with van der Waals surface area (Å²) >= 11 is 0. The van der Waals surface area contributed by atoms with E-state index < -0.39 is 6.10 Å². The van der Waals surface area contributed by atoms with Gasteiger partial charge in [0.1, 0.15) is 0 Å². The Morgan fingerprint density at radius 3 is 2.89 bits per heavy atom. The van der Waals surface area contributed by atoms with E-state index in [0.29, 0.717) is 18.2 Å². The number of hydrogen-bond donors (Lipinski definition) is 2. The summed E-state index contributed by atoms with van der Waals surface area (Å²) in [5.74, 6) is 0.347. The van der Waals surface area contributed by atoms with Crippen LogP contribution < -0.4 is 15.8 Å². The van der Waals surface area contributed by atoms with Crippen LogP contribution in [-0.2, 0) is 22.5 Å². The molecule has 8 nitrogen and oxygen atoms in total. The molecule has 2 N–H and O–H groups in total. The molecule has 0 saturated carbocycles. The Hall–Kier alpha value is -2.71. The van der Waals surface area contributed by atoms with Crippen LogP contribution >= 0.6 is 0 Å². The Balaban J connectivity index is 1.44. The minimum absolute atomic E-state index is 0.186. The number of hydrogen-bond acceptors (Lipinski definition) is 6. The van der Waals surface area contributed by atoms with Crippen LogP contribution in [0.4, 0.5) is 5.95 Å². The summed E-state index contributed by atoms with van der Waals surface area (Å²) in [6.45, 7) is 4.16. The molecule has 0 spiro atoms.